The number of esters is 2. The van der Waals surface area contributed by atoms with Crippen LogP contribution in [0.3, 0.4) is 0 Å². The summed E-state index contributed by atoms with van der Waals surface area (Å²) in [5.41, 5.74) is 2.78. The molecule has 20 nitrogen and oxygen atoms in total. The maximum atomic E-state index is 16.1. The molecule has 5 amide bonds. The number of anilines is 2. The number of nitrogens with one attached hydrogen (secondary N) is 3. The summed E-state index contributed by atoms with van der Waals surface area (Å²) in [7, 11) is 4.31. The SMILES string of the molecule is CCC(CC)C(=O)OC(C)CCCCC(=O)C[C@H](C(=O)N[C@@H](CCCNC(N)=O)C(=O)Cc1cc(F)c(NC(=O)O[C@H]2CC(=O)N(C)c3cc(cc(OC)c3Cl)C/C(C)=C/C=C/[C@@H](OC)[C@]3(O)CC(=O)O[C@@H](C3)[C@@H](C)[C@@H]3O[C@@]23C)cc1F)C(C)C. The predicted molar refractivity (Wildman–Crippen MR) is 314 cm³/mol. The van der Waals surface area contributed by atoms with Crippen LogP contribution in [0, 0.1) is 35.3 Å². The van der Waals surface area contributed by atoms with Crippen molar-refractivity contribution in [2.24, 2.45) is 29.4 Å². The smallest absolute Gasteiger partial charge is 0.412 e. The van der Waals surface area contributed by atoms with E-state index in [1.807, 2.05) is 33.8 Å². The quantitative estimate of drug-likeness (QED) is 0.0268. The zero-order chi connectivity index (χ0) is 63.1. The summed E-state index contributed by atoms with van der Waals surface area (Å²) in [6, 6.07) is 2.70. The van der Waals surface area contributed by atoms with Crippen LogP contribution in [0.4, 0.5) is 29.7 Å². The Morgan fingerprint density at radius 1 is 0.988 bits per heavy atom. The summed E-state index contributed by atoms with van der Waals surface area (Å²) in [5.74, 6) is -7.11. The number of benzene rings is 2. The number of amides is 5. The van der Waals surface area contributed by atoms with Gasteiger partial charge in [-0.25, -0.2) is 18.4 Å². The molecule has 85 heavy (non-hydrogen) atoms. The molecule has 10 atom stereocenters. The van der Waals surface area contributed by atoms with E-state index in [1.165, 1.54) is 26.2 Å². The molecule has 3 aliphatic rings. The molecule has 2 aromatic rings. The molecule has 0 aliphatic carbocycles. The van der Waals surface area contributed by atoms with Gasteiger partial charge in [-0.2, -0.15) is 0 Å². The lowest BCUT2D eigenvalue weighted by atomic mass is 9.78. The molecule has 2 saturated heterocycles. The van der Waals surface area contributed by atoms with Gasteiger partial charge in [0.05, 0.1) is 55.5 Å². The maximum Gasteiger partial charge on any atom is 0.412 e. The van der Waals surface area contributed by atoms with Crippen molar-refractivity contribution < 1.29 is 80.7 Å². The third-order valence-electron chi connectivity index (χ3n) is 16.4. The number of ether oxygens (including phenoxy) is 6. The number of epoxide rings is 1. The molecule has 1 unspecified atom stereocenters. The van der Waals surface area contributed by atoms with Crippen LogP contribution < -0.4 is 31.3 Å². The number of hydrogen-bond acceptors (Lipinski definition) is 15. The summed E-state index contributed by atoms with van der Waals surface area (Å²) in [4.78, 5) is 108. The van der Waals surface area contributed by atoms with E-state index in [0.29, 0.717) is 56.2 Å². The van der Waals surface area contributed by atoms with Gasteiger partial charge in [-0.05, 0) is 107 Å². The number of Topliss-reactive ketones (excluding diaryl/α,β-unsaturated/α-hetero) is 2. The first-order valence-corrected chi connectivity index (χ1v) is 29.6. The number of carbonyl (C=O) groups excluding carboxylic acids is 8. The Bertz CT molecular complexity index is 2810. The minimum absolute atomic E-state index is 0.0234. The van der Waals surface area contributed by atoms with Crippen LogP contribution in [0.1, 0.15) is 144 Å². The fourth-order valence-corrected chi connectivity index (χ4v) is 11.4. The maximum absolute atomic E-state index is 16.1. The second kappa shape index (κ2) is 31.2. The largest absolute Gasteiger partial charge is 0.495 e. The van der Waals surface area contributed by atoms with Crippen molar-refractivity contribution in [1.82, 2.24) is 10.6 Å². The van der Waals surface area contributed by atoms with Gasteiger partial charge < -0.3 is 54.8 Å². The number of hydrogen-bond donors (Lipinski definition) is 5. The summed E-state index contributed by atoms with van der Waals surface area (Å²) >= 11 is 6.81. The van der Waals surface area contributed by atoms with Gasteiger partial charge in [-0.15, -0.1) is 0 Å². The van der Waals surface area contributed by atoms with Crippen molar-refractivity contribution in [3.8, 4) is 5.75 Å². The fourth-order valence-electron chi connectivity index (χ4n) is 11.1. The fraction of sp³-hybridized carbons (Fsp3) is 0.613. The first-order chi connectivity index (χ1) is 40.1. The average Bonchev–Trinajstić information content (AvgIpc) is 1.64. The van der Waals surface area contributed by atoms with Crippen molar-refractivity contribution in [3.05, 3.63) is 75.9 Å². The highest BCUT2D eigenvalue weighted by molar-refractivity contribution is 6.35. The standard InChI is InChI=1S/C62H86ClF2N5O15/c1-12-39(13-2)58(76)82-36(6)19-14-15-20-41(71)29-42(34(3)4)57(75)68-45(21-17-23-67-59(66)77)48(72)28-40-27-44(65)46(30-43(40)64)69-60(78)84-52-31-53(73)70(9)47-25-38(26-49(80-10)55(47)63)24-35(5)18-16-22-51(81-11)62(79)32-50(83-54(74)33-62)37(7)56-61(52,8)85-56/h16,18,22,25-27,30,34,36-37,39,42,45,50-52,56,79H,12-15,17,19-21,23-24,28-29,31-33H2,1-11H3,(H,68,75)(H,69,78)(H3,66,67,77)/b22-16+,35-18+/t36?,37-,42+,45+,50+,51-,52+,56+,61+,62-/m1/s1. The summed E-state index contributed by atoms with van der Waals surface area (Å²) in [6.07, 6.45) is 1.20. The Morgan fingerprint density at radius 2 is 1.69 bits per heavy atom. The molecule has 2 fully saturated rings. The lowest BCUT2D eigenvalue weighted by Gasteiger charge is -2.41. The zero-order valence-electron chi connectivity index (χ0n) is 50.7. The highest BCUT2D eigenvalue weighted by Crippen LogP contribution is 2.50. The third kappa shape index (κ3) is 19.0. The number of halogens is 3. The number of unbranched alkanes of at least 4 members (excludes halogenated alkanes) is 1. The molecular formula is C62H86ClF2N5O15. The van der Waals surface area contributed by atoms with E-state index in [4.69, 9.17) is 45.8 Å². The highest BCUT2D eigenvalue weighted by atomic mass is 35.5. The van der Waals surface area contributed by atoms with Gasteiger partial charge in [-0.3, -0.25) is 34.1 Å². The van der Waals surface area contributed by atoms with E-state index < -0.39 is 125 Å². The van der Waals surface area contributed by atoms with Crippen LogP contribution in [0.15, 0.2) is 48.1 Å². The van der Waals surface area contributed by atoms with Crippen molar-refractivity contribution in [1.29, 1.82) is 0 Å². The van der Waals surface area contributed by atoms with Crippen molar-refractivity contribution in [2.75, 3.05) is 38.0 Å². The topological polar surface area (TPSA) is 281 Å². The van der Waals surface area contributed by atoms with Crippen LogP contribution in [0.25, 0.3) is 0 Å². The molecular weight excluding hydrogens is 1130 g/mol. The normalized spacial score (nSPS) is 24.6. The molecule has 5 rings (SSSR count). The molecule has 3 aliphatic heterocycles. The van der Waals surface area contributed by atoms with Crippen molar-refractivity contribution in [3.63, 3.8) is 0 Å². The lowest BCUT2D eigenvalue weighted by Crippen LogP contribution is -2.53. The summed E-state index contributed by atoms with van der Waals surface area (Å²) < 4.78 is 67.0. The van der Waals surface area contributed by atoms with E-state index in [9.17, 15) is 43.5 Å². The second-order valence-electron chi connectivity index (χ2n) is 23.3. The molecule has 0 aromatic heterocycles. The van der Waals surface area contributed by atoms with Gasteiger partial charge >= 0.3 is 24.1 Å². The van der Waals surface area contributed by atoms with Crippen LogP contribution in [0.5, 0.6) is 5.75 Å². The van der Waals surface area contributed by atoms with E-state index in [-0.39, 0.29) is 91.2 Å². The molecule has 6 N–H and O–H groups in total. The number of aliphatic hydroxyl groups is 1. The van der Waals surface area contributed by atoms with Gasteiger partial charge in [0.25, 0.3) is 0 Å². The van der Waals surface area contributed by atoms with Gasteiger partial charge in [0.1, 0.15) is 57.7 Å². The van der Waals surface area contributed by atoms with Crippen LogP contribution >= 0.6 is 11.6 Å². The molecule has 0 saturated carbocycles. The Morgan fingerprint density at radius 3 is 2.34 bits per heavy atom. The number of nitrogens with zero attached hydrogens (tertiary/aromatic N) is 1. The van der Waals surface area contributed by atoms with Gasteiger partial charge in [0.15, 0.2) is 5.78 Å². The monoisotopic (exact) mass is 1210 g/mol. The number of primary amides is 1. The molecule has 0 radical (unpaired) electrons. The number of allylic oxidation sites excluding steroid dienone is 3. The number of nitrogens with two attached hydrogens (primary N) is 1. The minimum Gasteiger partial charge on any atom is -0.495 e. The number of ketones is 2. The zero-order valence-corrected chi connectivity index (χ0v) is 51.5. The van der Waals surface area contributed by atoms with Crippen LogP contribution in [0.2, 0.25) is 5.02 Å². The molecule has 0 spiro atoms. The first kappa shape index (κ1) is 69.3. The number of urea groups is 1. The number of rotatable bonds is 25. The first-order valence-electron chi connectivity index (χ1n) is 29.2. The molecule has 4 bridgehead atoms. The van der Waals surface area contributed by atoms with Gasteiger partial charge in [-0.1, -0.05) is 70.0 Å². The Kier molecular flexibility index (Phi) is 25.5. The average molecular weight is 1210 g/mol. The van der Waals surface area contributed by atoms with Crippen LogP contribution in [-0.4, -0.2) is 128 Å². The number of carbonyl (C=O) groups is 8. The Balaban J connectivity index is 1.34. The molecule has 23 heteroatoms. The molecule has 3 heterocycles. The lowest BCUT2D eigenvalue weighted by molar-refractivity contribution is -0.187. The van der Waals surface area contributed by atoms with E-state index in [2.05, 4.69) is 16.0 Å². The number of methoxy groups -OCH3 is 2. The third-order valence-corrected chi connectivity index (χ3v) is 16.8. The van der Waals surface area contributed by atoms with Crippen molar-refractivity contribution >= 4 is 70.4 Å². The van der Waals surface area contributed by atoms with E-state index in [1.54, 1.807) is 52.0 Å². The highest BCUT2D eigenvalue weighted by Gasteiger charge is 2.64. The van der Waals surface area contributed by atoms with E-state index >= 15 is 8.78 Å². The molecule has 470 valence electrons. The Labute approximate surface area is 501 Å². The molecule has 2 aromatic carbocycles. The van der Waals surface area contributed by atoms with Gasteiger partial charge in [0, 0.05) is 64.3 Å². The summed E-state index contributed by atoms with van der Waals surface area (Å²) in [5, 5.41) is 19.4. The number of fused-ring (bicyclic) bond motifs is 5. The predicted octanol–water partition coefficient (Wildman–Crippen LogP) is 9.11. The van der Waals surface area contributed by atoms with Crippen LogP contribution in [-0.2, 0) is 65.3 Å². The van der Waals surface area contributed by atoms with E-state index in [0.717, 1.165) is 5.57 Å². The van der Waals surface area contributed by atoms with Crippen molar-refractivity contribution in [2.45, 2.75) is 193 Å². The second-order valence-corrected chi connectivity index (χ2v) is 23.7. The minimum atomic E-state index is -1.71. The Hall–Kier alpha value is -6.49. The van der Waals surface area contributed by atoms with Gasteiger partial charge in [0.2, 0.25) is 11.8 Å². The summed E-state index contributed by atoms with van der Waals surface area (Å²) in [6.45, 7) is 14.4.